The van der Waals surface area contributed by atoms with Gasteiger partial charge in [-0.2, -0.15) is 0 Å². The van der Waals surface area contributed by atoms with E-state index in [0.29, 0.717) is 5.56 Å². The third-order valence-corrected chi connectivity index (χ3v) is 5.83. The van der Waals surface area contributed by atoms with Crippen molar-refractivity contribution in [3.8, 4) is 0 Å². The highest BCUT2D eigenvalue weighted by Crippen LogP contribution is 2.40. The number of carbonyl (C=O) groups is 2. The summed E-state index contributed by atoms with van der Waals surface area (Å²) in [5.74, 6) is -2.26. The van der Waals surface area contributed by atoms with E-state index in [-0.39, 0.29) is 28.9 Å². The average molecular weight is 445 g/mol. The Morgan fingerprint density at radius 2 is 1.70 bits per heavy atom. The number of amides is 1. The molecule has 4 rings (SSSR count). The molecule has 0 radical (unpaired) electrons. The predicted molar refractivity (Wildman–Crippen MR) is 124 cm³/mol. The van der Waals surface area contributed by atoms with Crippen molar-refractivity contribution in [3.63, 3.8) is 0 Å². The maximum Gasteiger partial charge on any atom is 0.295 e. The Morgan fingerprint density at radius 3 is 2.27 bits per heavy atom. The van der Waals surface area contributed by atoms with Crippen LogP contribution in [0.4, 0.5) is 4.39 Å². The Kier molecular flexibility index (Phi) is 5.85. The lowest BCUT2D eigenvalue weighted by atomic mass is 9.85. The number of aliphatic hydroxyl groups is 1. The summed E-state index contributed by atoms with van der Waals surface area (Å²) in [6, 6.07) is 15.7. The van der Waals surface area contributed by atoms with E-state index in [1.807, 2.05) is 30.3 Å². The number of carbonyl (C=O) groups excluding carboxylic acids is 2. The molecule has 6 heteroatoms. The van der Waals surface area contributed by atoms with E-state index in [4.69, 9.17) is 0 Å². The van der Waals surface area contributed by atoms with Crippen molar-refractivity contribution in [3.05, 3.63) is 107 Å². The lowest BCUT2D eigenvalue weighted by Gasteiger charge is -2.26. The summed E-state index contributed by atoms with van der Waals surface area (Å²) in [6.45, 7) is 6.46. The number of aromatic nitrogens is 1. The lowest BCUT2D eigenvalue weighted by Crippen LogP contribution is -2.29. The molecule has 2 aromatic carbocycles. The summed E-state index contributed by atoms with van der Waals surface area (Å²) < 4.78 is 13.4. The molecule has 1 saturated heterocycles. The molecule has 168 valence electrons. The van der Waals surface area contributed by atoms with Crippen LogP contribution in [0.2, 0.25) is 0 Å². The molecule has 2 heterocycles. The number of pyridine rings is 1. The molecule has 1 aliphatic heterocycles. The van der Waals surface area contributed by atoms with E-state index in [1.165, 1.54) is 29.2 Å². The molecule has 0 saturated carbocycles. The highest BCUT2D eigenvalue weighted by molar-refractivity contribution is 6.46. The first-order valence-electron chi connectivity index (χ1n) is 10.7. The molecule has 0 bridgehead atoms. The number of Topliss-reactive ketones (excluding diaryl/α,β-unsaturated/α-hetero) is 1. The van der Waals surface area contributed by atoms with Gasteiger partial charge >= 0.3 is 0 Å². The Hall–Kier alpha value is -3.80. The first-order valence-corrected chi connectivity index (χ1v) is 10.7. The second kappa shape index (κ2) is 8.62. The maximum atomic E-state index is 13.4. The van der Waals surface area contributed by atoms with Crippen LogP contribution >= 0.6 is 0 Å². The minimum Gasteiger partial charge on any atom is -0.507 e. The smallest absolute Gasteiger partial charge is 0.295 e. The SMILES string of the molecule is CC(C)(C)c1ccc(C2/C(=C(\O)c3ccc(F)cc3)C(=O)C(=O)N2Cc2cccnc2)cc1. The number of hydrogen-bond acceptors (Lipinski definition) is 4. The second-order valence-electron chi connectivity index (χ2n) is 9.17. The van der Waals surface area contributed by atoms with Crippen LogP contribution in [-0.4, -0.2) is 26.7 Å². The van der Waals surface area contributed by atoms with Gasteiger partial charge in [0.15, 0.2) is 0 Å². The molecule has 1 fully saturated rings. The number of aliphatic hydroxyl groups excluding tert-OH is 1. The minimum atomic E-state index is -0.788. The monoisotopic (exact) mass is 444 g/mol. The number of nitrogens with zero attached hydrogens (tertiary/aromatic N) is 2. The van der Waals surface area contributed by atoms with Gasteiger partial charge in [-0.15, -0.1) is 0 Å². The second-order valence-corrected chi connectivity index (χ2v) is 9.17. The van der Waals surface area contributed by atoms with Crippen molar-refractivity contribution in [2.24, 2.45) is 0 Å². The topological polar surface area (TPSA) is 70.5 Å². The third-order valence-electron chi connectivity index (χ3n) is 5.83. The van der Waals surface area contributed by atoms with Gasteiger partial charge in [-0.05, 0) is 52.4 Å². The highest BCUT2D eigenvalue weighted by Gasteiger charge is 2.46. The fourth-order valence-corrected chi connectivity index (χ4v) is 4.01. The van der Waals surface area contributed by atoms with E-state index < -0.39 is 23.5 Å². The van der Waals surface area contributed by atoms with Crippen LogP contribution in [0.3, 0.4) is 0 Å². The van der Waals surface area contributed by atoms with Gasteiger partial charge in [0.2, 0.25) is 0 Å². The number of hydrogen-bond donors (Lipinski definition) is 1. The van der Waals surface area contributed by atoms with Gasteiger partial charge < -0.3 is 10.0 Å². The van der Waals surface area contributed by atoms with Gasteiger partial charge in [0.25, 0.3) is 11.7 Å². The van der Waals surface area contributed by atoms with Crippen LogP contribution in [0, 0.1) is 5.82 Å². The van der Waals surface area contributed by atoms with Crippen LogP contribution < -0.4 is 0 Å². The molecule has 1 unspecified atom stereocenters. The zero-order valence-electron chi connectivity index (χ0n) is 18.7. The maximum absolute atomic E-state index is 13.4. The summed E-state index contributed by atoms with van der Waals surface area (Å²) >= 11 is 0. The van der Waals surface area contributed by atoms with Gasteiger partial charge in [0.1, 0.15) is 11.6 Å². The van der Waals surface area contributed by atoms with Crippen LogP contribution in [-0.2, 0) is 21.5 Å². The van der Waals surface area contributed by atoms with Crippen molar-refractivity contribution in [1.29, 1.82) is 0 Å². The van der Waals surface area contributed by atoms with E-state index in [1.54, 1.807) is 18.5 Å². The fourth-order valence-electron chi connectivity index (χ4n) is 4.01. The van der Waals surface area contributed by atoms with Crippen LogP contribution in [0.25, 0.3) is 5.76 Å². The Balaban J connectivity index is 1.85. The molecule has 1 atom stereocenters. The minimum absolute atomic E-state index is 0.0148. The van der Waals surface area contributed by atoms with E-state index >= 15 is 0 Å². The first-order chi connectivity index (χ1) is 15.7. The zero-order valence-corrected chi connectivity index (χ0v) is 18.7. The average Bonchev–Trinajstić information content (AvgIpc) is 3.04. The molecule has 0 aliphatic carbocycles. The van der Waals surface area contributed by atoms with Gasteiger partial charge in [0, 0.05) is 24.5 Å². The fraction of sp³-hybridized carbons (Fsp3) is 0.222. The van der Waals surface area contributed by atoms with Crippen molar-refractivity contribution in [2.75, 3.05) is 0 Å². The van der Waals surface area contributed by atoms with Crippen LogP contribution in [0.5, 0.6) is 0 Å². The van der Waals surface area contributed by atoms with Crippen LogP contribution in [0.1, 0.15) is 49.1 Å². The van der Waals surface area contributed by atoms with Crippen molar-refractivity contribution >= 4 is 17.4 Å². The third kappa shape index (κ3) is 4.42. The van der Waals surface area contributed by atoms with Gasteiger partial charge in [-0.3, -0.25) is 14.6 Å². The molecule has 1 N–H and O–H groups in total. The quantitative estimate of drug-likeness (QED) is 0.344. The van der Waals surface area contributed by atoms with E-state index in [9.17, 15) is 19.1 Å². The largest absolute Gasteiger partial charge is 0.507 e. The molecule has 33 heavy (non-hydrogen) atoms. The van der Waals surface area contributed by atoms with Crippen LogP contribution in [0.15, 0.2) is 78.6 Å². The Labute approximate surface area is 192 Å². The van der Waals surface area contributed by atoms with Crippen molar-refractivity contribution in [2.45, 2.75) is 38.8 Å². The summed E-state index contributed by atoms with van der Waals surface area (Å²) in [6.07, 6.45) is 3.27. The zero-order chi connectivity index (χ0) is 23.8. The molecule has 1 aromatic heterocycles. The van der Waals surface area contributed by atoms with E-state index in [0.717, 1.165) is 11.1 Å². The summed E-state index contributed by atoms with van der Waals surface area (Å²) in [5.41, 5.74) is 2.76. The number of likely N-dealkylation sites (tertiary alicyclic amines) is 1. The molecular weight excluding hydrogens is 419 g/mol. The Bertz CT molecular complexity index is 1210. The molecule has 1 amide bonds. The van der Waals surface area contributed by atoms with Gasteiger partial charge in [-0.25, -0.2) is 4.39 Å². The number of ketones is 1. The molecular formula is C27H25FN2O3. The Morgan fingerprint density at radius 1 is 1.03 bits per heavy atom. The molecule has 1 aliphatic rings. The molecule has 5 nitrogen and oxygen atoms in total. The summed E-state index contributed by atoms with van der Waals surface area (Å²) in [4.78, 5) is 31.7. The van der Waals surface area contributed by atoms with Crippen molar-refractivity contribution < 1.29 is 19.1 Å². The summed E-state index contributed by atoms with van der Waals surface area (Å²) in [5, 5.41) is 11.0. The molecule has 3 aromatic rings. The highest BCUT2D eigenvalue weighted by atomic mass is 19.1. The first kappa shape index (κ1) is 22.4. The lowest BCUT2D eigenvalue weighted by molar-refractivity contribution is -0.140. The normalized spacial score (nSPS) is 18.1. The standard InChI is InChI=1S/C27H25FN2O3/c1-27(2,3)20-10-6-18(7-11-20)23-22(24(31)19-8-12-21(28)13-9-19)25(32)26(33)30(23)16-17-5-4-14-29-15-17/h4-15,23,31H,16H2,1-3H3/b24-22+. The van der Waals surface area contributed by atoms with E-state index in [2.05, 4.69) is 25.8 Å². The van der Waals surface area contributed by atoms with Gasteiger partial charge in [0.05, 0.1) is 11.6 Å². The number of halogens is 1. The number of benzene rings is 2. The predicted octanol–water partition coefficient (Wildman–Crippen LogP) is 5.14. The number of rotatable bonds is 4. The van der Waals surface area contributed by atoms with Gasteiger partial charge in [-0.1, -0.05) is 51.1 Å². The van der Waals surface area contributed by atoms with Crippen molar-refractivity contribution in [1.82, 2.24) is 9.88 Å². The summed E-state index contributed by atoms with van der Waals surface area (Å²) in [7, 11) is 0. The molecule has 0 spiro atoms.